The maximum Gasteiger partial charge on any atom is 0.283 e. The van der Waals surface area contributed by atoms with Crippen molar-refractivity contribution < 1.29 is 4.92 Å². The highest BCUT2D eigenvalue weighted by molar-refractivity contribution is 7.99. The van der Waals surface area contributed by atoms with Crippen molar-refractivity contribution in [2.24, 2.45) is 0 Å². The van der Waals surface area contributed by atoms with Gasteiger partial charge < -0.3 is 5.73 Å². The van der Waals surface area contributed by atoms with Crippen LogP contribution in [0.25, 0.3) is 0 Å². The fourth-order valence-electron chi connectivity index (χ4n) is 1.51. The van der Waals surface area contributed by atoms with Gasteiger partial charge in [-0.1, -0.05) is 30.8 Å². The molecule has 0 amide bonds. The number of nitrogens with zero attached hydrogens (tertiary/aromatic N) is 3. The van der Waals surface area contributed by atoms with Gasteiger partial charge in [-0.25, -0.2) is 9.97 Å². The maximum atomic E-state index is 10.9. The van der Waals surface area contributed by atoms with Crippen LogP contribution in [0.2, 0.25) is 0 Å². The molecule has 0 aliphatic carbocycles. The van der Waals surface area contributed by atoms with Crippen molar-refractivity contribution in [3.63, 3.8) is 0 Å². The van der Waals surface area contributed by atoms with Gasteiger partial charge in [0, 0.05) is 18.6 Å². The van der Waals surface area contributed by atoms with Gasteiger partial charge in [0.2, 0.25) is 0 Å². The molecule has 0 atom stereocenters. The van der Waals surface area contributed by atoms with Crippen molar-refractivity contribution >= 4 is 23.3 Å². The number of hydrogen-bond donors (Lipinski definition) is 1. The van der Waals surface area contributed by atoms with Gasteiger partial charge in [-0.05, 0) is 6.07 Å². The van der Waals surface area contributed by atoms with Crippen molar-refractivity contribution in [3.8, 4) is 0 Å². The van der Waals surface area contributed by atoms with Crippen LogP contribution in [0.3, 0.4) is 0 Å². The number of nitrogens with two attached hydrogens (primary N) is 1. The van der Waals surface area contributed by atoms with Crippen molar-refractivity contribution in [2.45, 2.75) is 23.3 Å². The molecule has 1 heterocycles. The van der Waals surface area contributed by atoms with E-state index in [0.717, 1.165) is 0 Å². The normalized spacial score (nSPS) is 10.4. The summed E-state index contributed by atoms with van der Waals surface area (Å²) < 4.78 is 0. The minimum absolute atomic E-state index is 0.0581. The van der Waals surface area contributed by atoms with Gasteiger partial charge in [0.1, 0.15) is 16.7 Å². The Morgan fingerprint density at radius 1 is 1.37 bits per heavy atom. The maximum absolute atomic E-state index is 10.9. The lowest BCUT2D eigenvalue weighted by Crippen LogP contribution is -1.99. The first kappa shape index (κ1) is 13.3. The lowest BCUT2D eigenvalue weighted by atomic mass is 10.3. The Bertz CT molecular complexity index is 618. The Morgan fingerprint density at radius 2 is 2.11 bits per heavy atom. The monoisotopic (exact) mass is 276 g/mol. The van der Waals surface area contributed by atoms with Crippen molar-refractivity contribution in [1.82, 2.24) is 9.97 Å². The van der Waals surface area contributed by atoms with Gasteiger partial charge in [0.15, 0.2) is 0 Å². The third-order valence-electron chi connectivity index (χ3n) is 2.36. The summed E-state index contributed by atoms with van der Waals surface area (Å²) in [5, 5.41) is 11.5. The molecule has 0 saturated carbocycles. The van der Waals surface area contributed by atoms with E-state index in [0.29, 0.717) is 28.0 Å². The van der Waals surface area contributed by atoms with Gasteiger partial charge in [0.25, 0.3) is 5.69 Å². The van der Waals surface area contributed by atoms with Crippen LogP contribution in [-0.4, -0.2) is 14.9 Å². The highest BCUT2D eigenvalue weighted by Gasteiger charge is 2.14. The number of aromatic nitrogens is 2. The second kappa shape index (κ2) is 5.66. The third-order valence-corrected chi connectivity index (χ3v) is 3.34. The molecule has 0 unspecified atom stereocenters. The van der Waals surface area contributed by atoms with Crippen molar-refractivity contribution in [1.29, 1.82) is 0 Å². The second-order valence-electron chi connectivity index (χ2n) is 3.73. The van der Waals surface area contributed by atoms with E-state index < -0.39 is 4.92 Å². The number of nitro benzene ring substituents is 1. The molecule has 19 heavy (non-hydrogen) atoms. The highest BCUT2D eigenvalue weighted by Crippen LogP contribution is 2.33. The molecule has 2 rings (SSSR count). The van der Waals surface area contributed by atoms with E-state index in [-0.39, 0.29) is 5.69 Å². The number of benzene rings is 1. The molecule has 2 aromatic rings. The summed E-state index contributed by atoms with van der Waals surface area (Å²) in [7, 11) is 0. The Morgan fingerprint density at radius 3 is 2.79 bits per heavy atom. The van der Waals surface area contributed by atoms with Crippen LogP contribution in [0.5, 0.6) is 0 Å². The van der Waals surface area contributed by atoms with Crippen LogP contribution >= 0.6 is 11.8 Å². The second-order valence-corrected chi connectivity index (χ2v) is 4.79. The van der Waals surface area contributed by atoms with Gasteiger partial charge >= 0.3 is 0 Å². The molecular formula is C12H12N4O2S. The van der Waals surface area contributed by atoms with E-state index in [1.807, 2.05) is 6.92 Å². The molecule has 0 radical (unpaired) electrons. The first-order chi connectivity index (χ1) is 9.10. The van der Waals surface area contributed by atoms with Crippen LogP contribution in [0.15, 0.2) is 40.3 Å². The average molecular weight is 276 g/mol. The molecular weight excluding hydrogens is 264 g/mol. The van der Waals surface area contributed by atoms with Crippen molar-refractivity contribution in [3.05, 3.63) is 46.3 Å². The van der Waals surface area contributed by atoms with Gasteiger partial charge in [-0.15, -0.1) is 0 Å². The van der Waals surface area contributed by atoms with E-state index in [4.69, 9.17) is 5.73 Å². The minimum Gasteiger partial charge on any atom is -0.384 e. The quantitative estimate of drug-likeness (QED) is 0.524. The fraction of sp³-hybridized carbons (Fsp3) is 0.167. The van der Waals surface area contributed by atoms with Gasteiger partial charge in [-0.3, -0.25) is 10.1 Å². The summed E-state index contributed by atoms with van der Waals surface area (Å²) >= 11 is 1.21. The van der Waals surface area contributed by atoms with Crippen LogP contribution in [0.1, 0.15) is 12.7 Å². The Labute approximate surface area is 114 Å². The molecule has 1 aromatic carbocycles. The lowest BCUT2D eigenvalue weighted by molar-refractivity contribution is -0.387. The fourth-order valence-corrected chi connectivity index (χ4v) is 2.46. The van der Waals surface area contributed by atoms with Crippen LogP contribution < -0.4 is 5.73 Å². The summed E-state index contributed by atoms with van der Waals surface area (Å²) in [5.74, 6) is 0.994. The minimum atomic E-state index is -0.409. The lowest BCUT2D eigenvalue weighted by Gasteiger charge is -2.04. The molecule has 7 heteroatoms. The number of hydrogen-bond acceptors (Lipinski definition) is 6. The first-order valence-corrected chi connectivity index (χ1v) is 6.46. The molecule has 0 aliphatic rings. The van der Waals surface area contributed by atoms with Gasteiger partial charge in [-0.2, -0.15) is 0 Å². The molecule has 0 spiro atoms. The van der Waals surface area contributed by atoms with E-state index >= 15 is 0 Å². The molecule has 0 fully saturated rings. The summed E-state index contributed by atoms with van der Waals surface area (Å²) in [6.45, 7) is 1.92. The van der Waals surface area contributed by atoms with E-state index in [1.54, 1.807) is 24.3 Å². The van der Waals surface area contributed by atoms with E-state index in [1.165, 1.54) is 17.8 Å². The SMILES string of the molecule is CCc1nc(N)cc(Sc2ccccc2[N+](=O)[O-])n1. The topological polar surface area (TPSA) is 94.9 Å². The molecule has 0 saturated heterocycles. The van der Waals surface area contributed by atoms with Crippen LogP contribution in [0, 0.1) is 10.1 Å². The molecule has 0 bridgehead atoms. The summed E-state index contributed by atoms with van der Waals surface area (Å²) in [6.07, 6.45) is 0.662. The standard InChI is InChI=1S/C12H12N4O2S/c1-2-11-14-10(13)7-12(15-11)19-9-6-4-3-5-8(9)16(17)18/h3-7H,2H2,1H3,(H2,13,14,15). The zero-order valence-corrected chi connectivity index (χ0v) is 11.1. The third kappa shape index (κ3) is 3.19. The molecule has 0 aliphatic heterocycles. The summed E-state index contributed by atoms with van der Waals surface area (Å²) in [6, 6.07) is 8.15. The smallest absolute Gasteiger partial charge is 0.283 e. The highest BCUT2D eigenvalue weighted by atomic mass is 32.2. The zero-order valence-electron chi connectivity index (χ0n) is 10.2. The number of nitro groups is 1. The number of rotatable bonds is 4. The first-order valence-electron chi connectivity index (χ1n) is 5.65. The molecule has 6 nitrogen and oxygen atoms in total. The van der Waals surface area contributed by atoms with Crippen molar-refractivity contribution in [2.75, 3.05) is 5.73 Å². The van der Waals surface area contributed by atoms with Crippen LogP contribution in [-0.2, 0) is 6.42 Å². The molecule has 98 valence electrons. The Hall–Kier alpha value is -2.15. The van der Waals surface area contributed by atoms with E-state index in [2.05, 4.69) is 9.97 Å². The van der Waals surface area contributed by atoms with Gasteiger partial charge in [0.05, 0.1) is 9.82 Å². The number of aryl methyl sites for hydroxylation is 1. The zero-order chi connectivity index (χ0) is 13.8. The molecule has 2 N–H and O–H groups in total. The predicted octanol–water partition coefficient (Wildman–Crippen LogP) is 2.68. The number of nitrogen functional groups attached to an aromatic ring is 1. The Balaban J connectivity index is 2.36. The summed E-state index contributed by atoms with van der Waals surface area (Å²) in [5.41, 5.74) is 5.75. The average Bonchev–Trinajstić information content (AvgIpc) is 2.38. The molecule has 1 aromatic heterocycles. The number of para-hydroxylation sites is 1. The number of anilines is 1. The largest absolute Gasteiger partial charge is 0.384 e. The summed E-state index contributed by atoms with van der Waals surface area (Å²) in [4.78, 5) is 19.4. The Kier molecular flexibility index (Phi) is 3.96. The predicted molar refractivity (Wildman–Crippen MR) is 73.0 cm³/mol. The van der Waals surface area contributed by atoms with Crippen LogP contribution in [0.4, 0.5) is 11.5 Å². The van der Waals surface area contributed by atoms with E-state index in [9.17, 15) is 10.1 Å².